The number of hydrogen-bond donors (Lipinski definition) is 2. The van der Waals surface area contributed by atoms with Crippen molar-refractivity contribution >= 4 is 23.2 Å². The molecule has 4 heteroatoms. The third kappa shape index (κ3) is 2.91. The van der Waals surface area contributed by atoms with Gasteiger partial charge in [0.2, 0.25) is 0 Å². The van der Waals surface area contributed by atoms with Crippen LogP contribution < -0.4 is 11.1 Å². The summed E-state index contributed by atoms with van der Waals surface area (Å²) < 4.78 is 0. The van der Waals surface area contributed by atoms with Crippen LogP contribution in [0.15, 0.2) is 18.2 Å². The van der Waals surface area contributed by atoms with E-state index in [9.17, 15) is 4.79 Å². The lowest BCUT2D eigenvalue weighted by atomic mass is 9.70. The van der Waals surface area contributed by atoms with E-state index in [1.807, 2.05) is 0 Å². The molecule has 0 bridgehead atoms. The second kappa shape index (κ2) is 4.57. The van der Waals surface area contributed by atoms with Gasteiger partial charge < -0.3 is 11.1 Å². The summed E-state index contributed by atoms with van der Waals surface area (Å²) in [6.45, 7) is 2.92. The fourth-order valence-corrected chi connectivity index (χ4v) is 2.34. The van der Waals surface area contributed by atoms with Crippen LogP contribution in [0.5, 0.6) is 0 Å². The summed E-state index contributed by atoms with van der Waals surface area (Å²) in [4.78, 5) is 11.9. The summed E-state index contributed by atoms with van der Waals surface area (Å²) in [5.41, 5.74) is 6.97. The second-order valence-corrected chi connectivity index (χ2v) is 5.56. The first-order valence-electron chi connectivity index (χ1n) is 5.83. The minimum absolute atomic E-state index is 0.104. The molecule has 1 fully saturated rings. The molecule has 0 radical (unpaired) electrons. The smallest absolute Gasteiger partial charge is 0.251 e. The van der Waals surface area contributed by atoms with Crippen molar-refractivity contribution in [2.45, 2.75) is 26.2 Å². The number of nitrogens with one attached hydrogen (secondary N) is 1. The van der Waals surface area contributed by atoms with Crippen LogP contribution in [0, 0.1) is 5.41 Å². The molecule has 1 aromatic rings. The van der Waals surface area contributed by atoms with Crippen LogP contribution in [-0.2, 0) is 0 Å². The highest BCUT2D eigenvalue weighted by atomic mass is 35.5. The van der Waals surface area contributed by atoms with Gasteiger partial charge in [0, 0.05) is 22.8 Å². The van der Waals surface area contributed by atoms with Crippen molar-refractivity contribution in [1.82, 2.24) is 5.32 Å². The van der Waals surface area contributed by atoms with Gasteiger partial charge in [0.15, 0.2) is 0 Å². The van der Waals surface area contributed by atoms with Crippen molar-refractivity contribution < 1.29 is 4.79 Å². The minimum Gasteiger partial charge on any atom is -0.399 e. The Morgan fingerprint density at radius 2 is 2.18 bits per heavy atom. The number of carbonyl (C=O) groups excluding carboxylic acids is 1. The van der Waals surface area contributed by atoms with E-state index < -0.39 is 0 Å². The summed E-state index contributed by atoms with van der Waals surface area (Å²) in [5, 5.41) is 3.43. The molecule has 0 atom stereocenters. The maximum absolute atomic E-state index is 11.9. The molecule has 1 amide bonds. The van der Waals surface area contributed by atoms with E-state index in [0.29, 0.717) is 16.3 Å². The monoisotopic (exact) mass is 252 g/mol. The molecule has 0 heterocycles. The third-order valence-corrected chi connectivity index (χ3v) is 3.64. The number of amides is 1. The van der Waals surface area contributed by atoms with Gasteiger partial charge in [-0.05, 0) is 36.5 Å². The van der Waals surface area contributed by atoms with E-state index in [-0.39, 0.29) is 11.3 Å². The molecule has 2 rings (SSSR count). The predicted molar refractivity (Wildman–Crippen MR) is 70.2 cm³/mol. The quantitative estimate of drug-likeness (QED) is 0.813. The number of nitrogen functional groups attached to an aromatic ring is 1. The average molecular weight is 253 g/mol. The van der Waals surface area contributed by atoms with Gasteiger partial charge in [-0.1, -0.05) is 24.9 Å². The molecular formula is C13H17ClN2O. The molecule has 3 N–H and O–H groups in total. The van der Waals surface area contributed by atoms with E-state index in [2.05, 4.69) is 12.2 Å². The molecule has 1 saturated carbocycles. The van der Waals surface area contributed by atoms with Crippen LogP contribution >= 0.6 is 11.6 Å². The Bertz CT molecular complexity index is 421. The number of hydrogen-bond acceptors (Lipinski definition) is 2. The number of nitrogens with two attached hydrogens (primary N) is 1. The largest absolute Gasteiger partial charge is 0.399 e. The molecular weight excluding hydrogens is 236 g/mol. The van der Waals surface area contributed by atoms with Crippen molar-refractivity contribution in [3.05, 3.63) is 28.8 Å². The highest BCUT2D eigenvalue weighted by Crippen LogP contribution is 2.39. The van der Waals surface area contributed by atoms with Crippen molar-refractivity contribution in [3.8, 4) is 0 Å². The van der Waals surface area contributed by atoms with Gasteiger partial charge in [0.05, 0.1) is 0 Å². The topological polar surface area (TPSA) is 55.1 Å². The van der Waals surface area contributed by atoms with Gasteiger partial charge in [-0.2, -0.15) is 0 Å². The van der Waals surface area contributed by atoms with Gasteiger partial charge in [0.1, 0.15) is 0 Å². The molecule has 0 aromatic heterocycles. The summed E-state index contributed by atoms with van der Waals surface area (Å²) in [6.07, 6.45) is 3.63. The third-order valence-electron chi connectivity index (χ3n) is 3.42. The molecule has 1 aliphatic carbocycles. The first kappa shape index (κ1) is 12.2. The minimum atomic E-state index is -0.104. The number of benzene rings is 1. The summed E-state index contributed by atoms with van der Waals surface area (Å²) in [7, 11) is 0. The van der Waals surface area contributed by atoms with Crippen molar-refractivity contribution in [1.29, 1.82) is 0 Å². The molecule has 17 heavy (non-hydrogen) atoms. The van der Waals surface area contributed by atoms with E-state index in [1.165, 1.54) is 19.3 Å². The van der Waals surface area contributed by atoms with Crippen LogP contribution in [0.1, 0.15) is 36.5 Å². The molecule has 0 spiro atoms. The lowest BCUT2D eigenvalue weighted by molar-refractivity contribution is 0.0891. The normalized spacial score (nSPS) is 17.3. The van der Waals surface area contributed by atoms with E-state index >= 15 is 0 Å². The molecule has 0 aliphatic heterocycles. The predicted octanol–water partition coefficient (Wildman–Crippen LogP) is 2.84. The van der Waals surface area contributed by atoms with Gasteiger partial charge in [-0.3, -0.25) is 4.79 Å². The molecule has 0 saturated heterocycles. The Balaban J connectivity index is 1.99. The van der Waals surface area contributed by atoms with E-state index in [0.717, 1.165) is 6.54 Å². The van der Waals surface area contributed by atoms with Crippen LogP contribution in [0.3, 0.4) is 0 Å². The van der Waals surface area contributed by atoms with Crippen LogP contribution in [0.4, 0.5) is 5.69 Å². The Hall–Kier alpha value is -1.22. The number of rotatable bonds is 3. The zero-order valence-corrected chi connectivity index (χ0v) is 10.7. The fraction of sp³-hybridized carbons (Fsp3) is 0.462. The van der Waals surface area contributed by atoms with Gasteiger partial charge >= 0.3 is 0 Å². The first-order valence-corrected chi connectivity index (χ1v) is 6.21. The zero-order chi connectivity index (χ0) is 12.5. The Labute approximate surface area is 106 Å². The van der Waals surface area contributed by atoms with Crippen molar-refractivity contribution in [3.63, 3.8) is 0 Å². The molecule has 0 unspecified atom stereocenters. The van der Waals surface area contributed by atoms with Crippen molar-refractivity contribution in [2.75, 3.05) is 12.3 Å². The maximum Gasteiger partial charge on any atom is 0.251 e. The van der Waals surface area contributed by atoms with Crippen LogP contribution in [-0.4, -0.2) is 12.5 Å². The lowest BCUT2D eigenvalue weighted by Gasteiger charge is -2.38. The van der Waals surface area contributed by atoms with Gasteiger partial charge in [-0.15, -0.1) is 0 Å². The maximum atomic E-state index is 11.9. The van der Waals surface area contributed by atoms with Gasteiger partial charge in [0.25, 0.3) is 5.91 Å². The molecule has 1 aliphatic rings. The Morgan fingerprint density at radius 1 is 1.47 bits per heavy atom. The first-order chi connectivity index (χ1) is 7.98. The van der Waals surface area contributed by atoms with Crippen LogP contribution in [0.25, 0.3) is 0 Å². The van der Waals surface area contributed by atoms with E-state index in [4.69, 9.17) is 17.3 Å². The number of carbonyl (C=O) groups is 1. The van der Waals surface area contributed by atoms with E-state index in [1.54, 1.807) is 18.2 Å². The SMILES string of the molecule is CC1(CNC(=O)c2cc(N)cc(Cl)c2)CCC1. The standard InChI is InChI=1S/C13H17ClN2O/c1-13(3-2-4-13)8-16-12(17)9-5-10(14)7-11(15)6-9/h5-7H,2-4,8,15H2,1H3,(H,16,17). The lowest BCUT2D eigenvalue weighted by Crippen LogP contribution is -2.39. The highest BCUT2D eigenvalue weighted by Gasteiger charge is 2.31. The Morgan fingerprint density at radius 3 is 2.71 bits per heavy atom. The van der Waals surface area contributed by atoms with Crippen molar-refractivity contribution in [2.24, 2.45) is 5.41 Å². The summed E-state index contributed by atoms with van der Waals surface area (Å²) in [6, 6.07) is 4.91. The number of halogens is 1. The number of anilines is 1. The summed E-state index contributed by atoms with van der Waals surface area (Å²) >= 11 is 5.86. The van der Waals surface area contributed by atoms with Gasteiger partial charge in [-0.25, -0.2) is 0 Å². The fourth-order valence-electron chi connectivity index (χ4n) is 2.10. The molecule has 1 aromatic carbocycles. The second-order valence-electron chi connectivity index (χ2n) is 5.12. The Kier molecular flexibility index (Phi) is 3.29. The molecule has 92 valence electrons. The summed E-state index contributed by atoms with van der Waals surface area (Å²) in [5.74, 6) is -0.104. The highest BCUT2D eigenvalue weighted by molar-refractivity contribution is 6.31. The average Bonchev–Trinajstić information content (AvgIpc) is 2.22. The van der Waals surface area contributed by atoms with Crippen LogP contribution in [0.2, 0.25) is 5.02 Å². The zero-order valence-electron chi connectivity index (χ0n) is 9.92. The molecule has 3 nitrogen and oxygen atoms in total.